The summed E-state index contributed by atoms with van der Waals surface area (Å²) in [5.41, 5.74) is 6.69. The molecule has 0 aromatic rings. The molecule has 2 N–H and O–H groups in total. The van der Waals surface area contributed by atoms with Crippen molar-refractivity contribution in [3.8, 4) is 0 Å². The predicted molar refractivity (Wildman–Crippen MR) is 70.7 cm³/mol. The summed E-state index contributed by atoms with van der Waals surface area (Å²) in [5.74, 6) is 1.04. The fourth-order valence-electron chi connectivity index (χ4n) is 3.58. The Kier molecular flexibility index (Phi) is 4.10. The highest BCUT2D eigenvalue weighted by Gasteiger charge is 2.45. The van der Waals surface area contributed by atoms with Crippen molar-refractivity contribution >= 4 is 0 Å². The van der Waals surface area contributed by atoms with Gasteiger partial charge in [0.15, 0.2) is 0 Å². The van der Waals surface area contributed by atoms with Gasteiger partial charge < -0.3 is 10.5 Å². The fourth-order valence-corrected chi connectivity index (χ4v) is 3.58. The summed E-state index contributed by atoms with van der Waals surface area (Å²) >= 11 is 0. The van der Waals surface area contributed by atoms with Crippen molar-refractivity contribution in [2.45, 2.75) is 57.5 Å². The number of ether oxygens (including phenoxy) is 1. The van der Waals surface area contributed by atoms with E-state index in [9.17, 15) is 0 Å². The number of nitrogens with zero attached hydrogens (tertiary/aromatic N) is 1. The van der Waals surface area contributed by atoms with Gasteiger partial charge in [-0.25, -0.2) is 0 Å². The molecule has 1 atom stereocenters. The lowest BCUT2D eigenvalue weighted by atomic mass is 9.85. The quantitative estimate of drug-likeness (QED) is 0.798. The summed E-state index contributed by atoms with van der Waals surface area (Å²) in [5, 5.41) is 0. The van der Waals surface area contributed by atoms with Crippen molar-refractivity contribution in [2.75, 3.05) is 19.7 Å². The first-order chi connectivity index (χ1) is 8.24. The third-order valence-corrected chi connectivity index (χ3v) is 4.48. The molecule has 3 heteroatoms. The molecule has 3 nitrogen and oxygen atoms in total. The van der Waals surface area contributed by atoms with E-state index in [0.717, 1.165) is 31.9 Å². The molecule has 1 aliphatic carbocycles. The number of hydrogen-bond acceptors (Lipinski definition) is 3. The van der Waals surface area contributed by atoms with E-state index >= 15 is 0 Å². The van der Waals surface area contributed by atoms with Crippen LogP contribution in [0.5, 0.6) is 0 Å². The first kappa shape index (κ1) is 12.9. The minimum absolute atomic E-state index is 0.0624. The van der Waals surface area contributed by atoms with E-state index in [1.54, 1.807) is 0 Å². The highest BCUT2D eigenvalue weighted by molar-refractivity contribution is 5.17. The van der Waals surface area contributed by atoms with Gasteiger partial charge in [0.2, 0.25) is 0 Å². The summed E-state index contributed by atoms with van der Waals surface area (Å²) < 4.78 is 5.70. The number of hydrogen-bond donors (Lipinski definition) is 1. The van der Waals surface area contributed by atoms with Gasteiger partial charge in [-0.05, 0) is 32.0 Å². The maximum Gasteiger partial charge on any atom is 0.111 e. The van der Waals surface area contributed by atoms with E-state index in [1.165, 1.54) is 25.7 Å². The molecule has 0 aromatic heterocycles. The van der Waals surface area contributed by atoms with Gasteiger partial charge in [-0.15, -0.1) is 0 Å². The molecule has 1 heterocycles. The Morgan fingerprint density at radius 2 is 2.00 bits per heavy atom. The van der Waals surface area contributed by atoms with Crippen LogP contribution in [0.3, 0.4) is 0 Å². The minimum Gasteiger partial charge on any atom is -0.496 e. The summed E-state index contributed by atoms with van der Waals surface area (Å²) in [4.78, 5) is 2.55. The largest absolute Gasteiger partial charge is 0.496 e. The SMILES string of the molecule is CCN(CC)C1(C(N)C2=CCCO2)CCCC1. The Bertz CT molecular complexity index is 278. The second-order valence-corrected chi connectivity index (χ2v) is 5.20. The Morgan fingerprint density at radius 1 is 1.35 bits per heavy atom. The molecule has 0 spiro atoms. The normalized spacial score (nSPS) is 24.8. The van der Waals surface area contributed by atoms with Crippen molar-refractivity contribution in [1.82, 2.24) is 4.90 Å². The monoisotopic (exact) mass is 238 g/mol. The van der Waals surface area contributed by atoms with E-state index in [0.29, 0.717) is 0 Å². The second kappa shape index (κ2) is 5.40. The molecular weight excluding hydrogens is 212 g/mol. The molecule has 2 aliphatic rings. The summed E-state index contributed by atoms with van der Waals surface area (Å²) in [7, 11) is 0. The number of nitrogens with two attached hydrogens (primary N) is 1. The van der Waals surface area contributed by atoms with Gasteiger partial charge in [-0.3, -0.25) is 4.90 Å². The van der Waals surface area contributed by atoms with Crippen molar-refractivity contribution in [3.63, 3.8) is 0 Å². The number of likely N-dealkylation sites (N-methyl/N-ethyl adjacent to an activating group) is 1. The van der Waals surface area contributed by atoms with Gasteiger partial charge in [-0.2, -0.15) is 0 Å². The molecule has 0 saturated heterocycles. The fraction of sp³-hybridized carbons (Fsp3) is 0.857. The maximum absolute atomic E-state index is 6.54. The van der Waals surface area contributed by atoms with E-state index in [4.69, 9.17) is 10.5 Å². The van der Waals surface area contributed by atoms with Gasteiger partial charge in [0.1, 0.15) is 5.76 Å². The van der Waals surface area contributed by atoms with E-state index in [-0.39, 0.29) is 11.6 Å². The highest BCUT2D eigenvalue weighted by atomic mass is 16.5. The lowest BCUT2D eigenvalue weighted by Gasteiger charge is -2.44. The first-order valence-corrected chi connectivity index (χ1v) is 7.08. The highest BCUT2D eigenvalue weighted by Crippen LogP contribution is 2.40. The Morgan fingerprint density at radius 3 is 2.47 bits per heavy atom. The Hall–Kier alpha value is -0.540. The molecule has 1 aliphatic heterocycles. The van der Waals surface area contributed by atoms with Crippen LogP contribution in [0.2, 0.25) is 0 Å². The lowest BCUT2D eigenvalue weighted by Crippen LogP contribution is -2.59. The molecule has 1 fully saturated rings. The number of rotatable bonds is 5. The van der Waals surface area contributed by atoms with Crippen LogP contribution in [0.25, 0.3) is 0 Å². The second-order valence-electron chi connectivity index (χ2n) is 5.20. The van der Waals surface area contributed by atoms with Crippen LogP contribution in [-0.2, 0) is 4.74 Å². The van der Waals surface area contributed by atoms with Crippen LogP contribution >= 0.6 is 0 Å². The van der Waals surface area contributed by atoms with Crippen LogP contribution in [0.4, 0.5) is 0 Å². The van der Waals surface area contributed by atoms with Crippen LogP contribution in [0.15, 0.2) is 11.8 Å². The van der Waals surface area contributed by atoms with Crippen LogP contribution in [0, 0.1) is 0 Å². The average Bonchev–Trinajstić information content (AvgIpc) is 3.02. The molecule has 1 saturated carbocycles. The molecule has 1 unspecified atom stereocenters. The van der Waals surface area contributed by atoms with Crippen molar-refractivity contribution in [1.29, 1.82) is 0 Å². The third kappa shape index (κ3) is 2.23. The van der Waals surface area contributed by atoms with Crippen LogP contribution in [-0.4, -0.2) is 36.2 Å². The van der Waals surface area contributed by atoms with Crippen molar-refractivity contribution < 1.29 is 4.74 Å². The molecule has 0 bridgehead atoms. The Labute approximate surface area is 105 Å². The van der Waals surface area contributed by atoms with Gasteiger partial charge >= 0.3 is 0 Å². The van der Waals surface area contributed by atoms with Crippen molar-refractivity contribution in [2.24, 2.45) is 5.73 Å². The standard InChI is InChI=1S/C14H26N2O/c1-3-16(4-2)14(9-5-6-10-14)13(15)12-8-7-11-17-12/h8,13H,3-7,9-11,15H2,1-2H3. The van der Waals surface area contributed by atoms with Crippen molar-refractivity contribution in [3.05, 3.63) is 11.8 Å². The molecular formula is C14H26N2O. The van der Waals surface area contributed by atoms with Crippen LogP contribution < -0.4 is 5.73 Å². The molecule has 0 aromatic carbocycles. The molecule has 2 rings (SSSR count). The third-order valence-electron chi connectivity index (χ3n) is 4.48. The molecule has 98 valence electrons. The average molecular weight is 238 g/mol. The molecule has 0 amide bonds. The first-order valence-electron chi connectivity index (χ1n) is 7.08. The Balaban J connectivity index is 2.20. The maximum atomic E-state index is 6.54. The van der Waals surface area contributed by atoms with E-state index in [1.807, 2.05) is 0 Å². The lowest BCUT2D eigenvalue weighted by molar-refractivity contribution is 0.0660. The molecule has 17 heavy (non-hydrogen) atoms. The van der Waals surface area contributed by atoms with Gasteiger partial charge in [0, 0.05) is 12.0 Å². The summed E-state index contributed by atoms with van der Waals surface area (Å²) in [6, 6.07) is 0.0624. The zero-order chi connectivity index (χ0) is 12.3. The summed E-state index contributed by atoms with van der Waals surface area (Å²) in [6.45, 7) is 7.45. The van der Waals surface area contributed by atoms with E-state index < -0.39 is 0 Å². The molecule has 0 radical (unpaired) electrons. The smallest absolute Gasteiger partial charge is 0.111 e. The zero-order valence-corrected chi connectivity index (χ0v) is 11.2. The van der Waals surface area contributed by atoms with Gasteiger partial charge in [-0.1, -0.05) is 26.7 Å². The minimum atomic E-state index is 0.0624. The van der Waals surface area contributed by atoms with E-state index in [2.05, 4.69) is 24.8 Å². The van der Waals surface area contributed by atoms with Gasteiger partial charge in [0.25, 0.3) is 0 Å². The predicted octanol–water partition coefficient (Wildman–Crippen LogP) is 2.27. The zero-order valence-electron chi connectivity index (χ0n) is 11.2. The van der Waals surface area contributed by atoms with Gasteiger partial charge in [0.05, 0.1) is 12.6 Å². The van der Waals surface area contributed by atoms with Crippen LogP contribution in [0.1, 0.15) is 46.0 Å². The summed E-state index contributed by atoms with van der Waals surface area (Å²) in [6.07, 6.45) is 8.26. The topological polar surface area (TPSA) is 38.5 Å².